The third-order valence-corrected chi connectivity index (χ3v) is 4.07. The van der Waals surface area contributed by atoms with Gasteiger partial charge in [0.05, 0.1) is 13.2 Å². The zero-order chi connectivity index (χ0) is 14.8. The Kier molecular flexibility index (Phi) is 4.12. The van der Waals surface area contributed by atoms with Crippen molar-refractivity contribution < 1.29 is 14.3 Å². The Morgan fingerprint density at radius 3 is 3.10 bits per heavy atom. The standard InChI is InChI=1S/C14H16BrN3O3/c15-10-3-8-1-2-21-13(8)9(4-10)5-18-14(20)11-6-17-12(19)7-16-11/h3-4,11,16H,1-2,5-7H2,(H,17,19)(H,18,20). The molecule has 0 aliphatic carbocycles. The smallest absolute Gasteiger partial charge is 0.239 e. The predicted molar refractivity (Wildman–Crippen MR) is 80.0 cm³/mol. The van der Waals surface area contributed by atoms with Gasteiger partial charge in [-0.2, -0.15) is 0 Å². The number of hydrogen-bond donors (Lipinski definition) is 3. The van der Waals surface area contributed by atoms with Crippen molar-refractivity contribution in [1.82, 2.24) is 16.0 Å². The molecule has 1 atom stereocenters. The van der Waals surface area contributed by atoms with E-state index in [9.17, 15) is 9.59 Å². The number of fused-ring (bicyclic) bond motifs is 1. The summed E-state index contributed by atoms with van der Waals surface area (Å²) in [4.78, 5) is 23.1. The molecule has 2 aliphatic heterocycles. The van der Waals surface area contributed by atoms with Crippen LogP contribution in [0, 0.1) is 0 Å². The lowest BCUT2D eigenvalue weighted by atomic mass is 10.1. The van der Waals surface area contributed by atoms with Gasteiger partial charge in [0, 0.05) is 29.5 Å². The number of piperazine rings is 1. The Hall–Kier alpha value is -1.60. The van der Waals surface area contributed by atoms with Gasteiger partial charge in [0.1, 0.15) is 11.8 Å². The molecular weight excluding hydrogens is 338 g/mol. The summed E-state index contributed by atoms with van der Waals surface area (Å²) in [5.41, 5.74) is 2.13. The van der Waals surface area contributed by atoms with Gasteiger partial charge < -0.3 is 15.4 Å². The molecule has 6 nitrogen and oxygen atoms in total. The van der Waals surface area contributed by atoms with E-state index in [1.165, 1.54) is 0 Å². The highest BCUT2D eigenvalue weighted by molar-refractivity contribution is 9.10. The summed E-state index contributed by atoms with van der Waals surface area (Å²) in [6.07, 6.45) is 0.895. The van der Waals surface area contributed by atoms with Crippen molar-refractivity contribution in [3.8, 4) is 5.75 Å². The van der Waals surface area contributed by atoms with Crippen LogP contribution in [0.2, 0.25) is 0 Å². The monoisotopic (exact) mass is 353 g/mol. The van der Waals surface area contributed by atoms with Crippen molar-refractivity contribution in [2.24, 2.45) is 0 Å². The molecule has 1 fully saturated rings. The molecule has 1 aromatic rings. The van der Waals surface area contributed by atoms with Crippen LogP contribution < -0.4 is 20.7 Å². The van der Waals surface area contributed by atoms with Crippen LogP contribution in [0.5, 0.6) is 5.75 Å². The van der Waals surface area contributed by atoms with Gasteiger partial charge in [0.15, 0.2) is 0 Å². The number of halogens is 1. The quantitative estimate of drug-likeness (QED) is 0.719. The SMILES string of the molecule is O=C1CNC(C(=O)NCc2cc(Br)cc3c2OCC3)CN1. The molecule has 0 aromatic heterocycles. The first-order valence-corrected chi connectivity index (χ1v) is 7.64. The Bertz CT molecular complexity index is 581. The minimum atomic E-state index is -0.385. The Morgan fingerprint density at radius 1 is 1.48 bits per heavy atom. The Balaban J connectivity index is 1.63. The lowest BCUT2D eigenvalue weighted by Gasteiger charge is -2.23. The van der Waals surface area contributed by atoms with Crippen molar-refractivity contribution >= 4 is 27.7 Å². The van der Waals surface area contributed by atoms with Crippen molar-refractivity contribution in [1.29, 1.82) is 0 Å². The van der Waals surface area contributed by atoms with Crippen molar-refractivity contribution in [2.45, 2.75) is 19.0 Å². The van der Waals surface area contributed by atoms with E-state index in [-0.39, 0.29) is 24.4 Å². The second kappa shape index (κ2) is 6.03. The van der Waals surface area contributed by atoms with Gasteiger partial charge in [0.25, 0.3) is 0 Å². The van der Waals surface area contributed by atoms with Crippen LogP contribution in [0.1, 0.15) is 11.1 Å². The fourth-order valence-electron chi connectivity index (χ4n) is 2.53. The maximum absolute atomic E-state index is 12.1. The maximum atomic E-state index is 12.1. The lowest BCUT2D eigenvalue weighted by molar-refractivity contribution is -0.126. The molecule has 0 spiro atoms. The van der Waals surface area contributed by atoms with E-state index in [0.717, 1.165) is 27.8 Å². The summed E-state index contributed by atoms with van der Waals surface area (Å²) in [7, 11) is 0. The molecule has 3 N–H and O–H groups in total. The average Bonchev–Trinajstić information content (AvgIpc) is 2.93. The van der Waals surface area contributed by atoms with Gasteiger partial charge >= 0.3 is 0 Å². The third-order valence-electron chi connectivity index (χ3n) is 3.61. The fraction of sp³-hybridized carbons (Fsp3) is 0.429. The lowest BCUT2D eigenvalue weighted by Crippen LogP contribution is -2.57. The van der Waals surface area contributed by atoms with Gasteiger partial charge in [-0.1, -0.05) is 15.9 Å². The number of carbonyl (C=O) groups excluding carboxylic acids is 2. The molecule has 7 heteroatoms. The first kappa shape index (κ1) is 14.3. The van der Waals surface area contributed by atoms with E-state index < -0.39 is 0 Å². The topological polar surface area (TPSA) is 79.5 Å². The van der Waals surface area contributed by atoms with Crippen LogP contribution >= 0.6 is 15.9 Å². The van der Waals surface area contributed by atoms with Gasteiger partial charge in [-0.3, -0.25) is 14.9 Å². The molecular formula is C14H16BrN3O3. The molecule has 3 rings (SSSR count). The molecule has 1 saturated heterocycles. The molecule has 21 heavy (non-hydrogen) atoms. The summed E-state index contributed by atoms with van der Waals surface area (Å²) in [6.45, 7) is 1.58. The highest BCUT2D eigenvalue weighted by atomic mass is 79.9. The zero-order valence-corrected chi connectivity index (χ0v) is 13.0. The average molecular weight is 354 g/mol. The molecule has 0 radical (unpaired) electrons. The maximum Gasteiger partial charge on any atom is 0.239 e. The second-order valence-corrected chi connectivity index (χ2v) is 6.02. The number of nitrogens with one attached hydrogen (secondary N) is 3. The van der Waals surface area contributed by atoms with Crippen LogP contribution in [0.3, 0.4) is 0 Å². The van der Waals surface area contributed by atoms with E-state index in [1.807, 2.05) is 12.1 Å². The molecule has 2 amide bonds. The highest BCUT2D eigenvalue weighted by Crippen LogP contribution is 2.32. The van der Waals surface area contributed by atoms with Crippen LogP contribution in [0.15, 0.2) is 16.6 Å². The summed E-state index contributed by atoms with van der Waals surface area (Å²) >= 11 is 3.48. The first-order valence-electron chi connectivity index (χ1n) is 6.85. The van der Waals surface area contributed by atoms with E-state index in [1.54, 1.807) is 0 Å². The van der Waals surface area contributed by atoms with Gasteiger partial charge in [0.2, 0.25) is 11.8 Å². The number of rotatable bonds is 3. The summed E-state index contributed by atoms with van der Waals surface area (Å²) < 4.78 is 6.62. The van der Waals surface area contributed by atoms with Crippen LogP contribution in [0.4, 0.5) is 0 Å². The number of ether oxygens (including phenoxy) is 1. The van der Waals surface area contributed by atoms with Crippen molar-refractivity contribution in [2.75, 3.05) is 19.7 Å². The van der Waals surface area contributed by atoms with Crippen LogP contribution in [0.25, 0.3) is 0 Å². The fourth-order valence-corrected chi connectivity index (χ4v) is 3.09. The summed E-state index contributed by atoms with van der Waals surface area (Å²) in [5.74, 6) is 0.669. The zero-order valence-electron chi connectivity index (χ0n) is 11.4. The molecule has 1 aromatic carbocycles. The highest BCUT2D eigenvalue weighted by Gasteiger charge is 2.24. The van der Waals surface area contributed by atoms with Gasteiger partial charge in [-0.05, 0) is 17.7 Å². The number of carbonyl (C=O) groups is 2. The minimum Gasteiger partial charge on any atom is -0.493 e. The Morgan fingerprint density at radius 2 is 2.33 bits per heavy atom. The minimum absolute atomic E-state index is 0.0859. The number of benzene rings is 1. The predicted octanol–water partition coefficient (Wildman–Crippen LogP) is 0.0882. The molecule has 0 bridgehead atoms. The van der Waals surface area contributed by atoms with E-state index >= 15 is 0 Å². The van der Waals surface area contributed by atoms with E-state index in [0.29, 0.717) is 19.7 Å². The molecule has 2 heterocycles. The van der Waals surface area contributed by atoms with Gasteiger partial charge in [-0.25, -0.2) is 0 Å². The van der Waals surface area contributed by atoms with Gasteiger partial charge in [-0.15, -0.1) is 0 Å². The number of amides is 2. The van der Waals surface area contributed by atoms with Crippen LogP contribution in [-0.4, -0.2) is 37.6 Å². The third kappa shape index (κ3) is 3.19. The molecule has 2 aliphatic rings. The largest absolute Gasteiger partial charge is 0.493 e. The van der Waals surface area contributed by atoms with Crippen molar-refractivity contribution in [3.63, 3.8) is 0 Å². The number of hydrogen-bond acceptors (Lipinski definition) is 4. The van der Waals surface area contributed by atoms with Crippen molar-refractivity contribution in [3.05, 3.63) is 27.7 Å². The molecule has 112 valence electrons. The molecule has 1 unspecified atom stereocenters. The second-order valence-electron chi connectivity index (χ2n) is 5.11. The summed E-state index contributed by atoms with van der Waals surface area (Å²) in [6, 6.07) is 3.62. The first-order chi connectivity index (χ1) is 10.1. The van der Waals surface area contributed by atoms with E-state index in [4.69, 9.17) is 4.74 Å². The Labute approximate surface area is 130 Å². The van der Waals surface area contributed by atoms with E-state index in [2.05, 4.69) is 31.9 Å². The summed E-state index contributed by atoms with van der Waals surface area (Å²) in [5, 5.41) is 8.46. The normalized spacial score (nSPS) is 20.4. The van der Waals surface area contributed by atoms with Crippen LogP contribution in [-0.2, 0) is 22.6 Å². The molecule has 0 saturated carbocycles.